The normalized spacial score (nSPS) is 10.5. The van der Waals surface area contributed by atoms with Crippen LogP contribution in [0.1, 0.15) is 17.7 Å². The van der Waals surface area contributed by atoms with Crippen LogP contribution in [0.3, 0.4) is 0 Å². The largest absolute Gasteiger partial charge is 0.469 e. The summed E-state index contributed by atoms with van der Waals surface area (Å²) in [5.41, 5.74) is 1.14. The number of amides is 1. The molecule has 1 amide bonds. The van der Waals surface area contributed by atoms with Gasteiger partial charge in [-0.25, -0.2) is 4.68 Å². The molecular formula is C17H17N3O2. The lowest BCUT2D eigenvalue weighted by Gasteiger charge is -2.09. The average Bonchev–Trinajstić information content (AvgIpc) is 3.19. The molecule has 0 aliphatic heterocycles. The summed E-state index contributed by atoms with van der Waals surface area (Å²) in [6, 6.07) is 15.5. The number of nitrogens with one attached hydrogen (secondary N) is 1. The van der Waals surface area contributed by atoms with Crippen molar-refractivity contribution in [2.75, 3.05) is 5.32 Å². The molecule has 0 aliphatic rings. The van der Waals surface area contributed by atoms with Gasteiger partial charge in [0.2, 0.25) is 5.91 Å². The molecule has 0 saturated heterocycles. The topological polar surface area (TPSA) is 60.1 Å². The lowest BCUT2D eigenvalue weighted by molar-refractivity contribution is -0.116. The van der Waals surface area contributed by atoms with Gasteiger partial charge in [0, 0.05) is 18.9 Å². The van der Waals surface area contributed by atoms with Crippen molar-refractivity contribution in [1.82, 2.24) is 9.78 Å². The molecule has 3 rings (SSSR count). The van der Waals surface area contributed by atoms with E-state index in [2.05, 4.69) is 10.4 Å². The summed E-state index contributed by atoms with van der Waals surface area (Å²) in [5.74, 6) is 1.47. The molecule has 0 atom stereocenters. The average molecular weight is 295 g/mol. The number of furan rings is 1. The van der Waals surface area contributed by atoms with E-state index in [9.17, 15) is 4.79 Å². The Labute approximate surface area is 128 Å². The highest BCUT2D eigenvalue weighted by Gasteiger charge is 2.08. The van der Waals surface area contributed by atoms with E-state index >= 15 is 0 Å². The highest BCUT2D eigenvalue weighted by molar-refractivity contribution is 5.89. The second-order valence-corrected chi connectivity index (χ2v) is 4.99. The van der Waals surface area contributed by atoms with Crippen molar-refractivity contribution in [3.05, 3.63) is 72.3 Å². The summed E-state index contributed by atoms with van der Waals surface area (Å²) in [7, 11) is 0. The van der Waals surface area contributed by atoms with Crippen LogP contribution in [0.5, 0.6) is 0 Å². The molecule has 0 spiro atoms. The summed E-state index contributed by atoms with van der Waals surface area (Å²) < 4.78 is 7.00. The third-order valence-electron chi connectivity index (χ3n) is 3.34. The maximum absolute atomic E-state index is 12.0. The molecular weight excluding hydrogens is 278 g/mol. The van der Waals surface area contributed by atoms with Gasteiger partial charge in [0.1, 0.15) is 11.6 Å². The summed E-state index contributed by atoms with van der Waals surface area (Å²) in [6.07, 6.45) is 4.27. The number of hydrogen-bond acceptors (Lipinski definition) is 3. The zero-order valence-corrected chi connectivity index (χ0v) is 12.1. The smallest absolute Gasteiger partial charge is 0.225 e. The number of hydrogen-bond donors (Lipinski definition) is 1. The maximum Gasteiger partial charge on any atom is 0.225 e. The minimum absolute atomic E-state index is 0.0498. The fourth-order valence-corrected chi connectivity index (χ4v) is 2.22. The van der Waals surface area contributed by atoms with E-state index in [1.807, 2.05) is 42.5 Å². The summed E-state index contributed by atoms with van der Waals surface area (Å²) in [5, 5.41) is 7.15. The van der Waals surface area contributed by atoms with Crippen LogP contribution < -0.4 is 5.32 Å². The standard InChI is InChI=1S/C17H17N3O2/c21-17(9-8-15-7-4-12-22-15)19-16-10-11-18-20(16)13-14-5-2-1-3-6-14/h1-7,10-12H,8-9,13H2,(H,19,21). The summed E-state index contributed by atoms with van der Waals surface area (Å²) >= 11 is 0. The number of rotatable bonds is 6. The van der Waals surface area contributed by atoms with E-state index in [1.165, 1.54) is 0 Å². The van der Waals surface area contributed by atoms with Crippen molar-refractivity contribution in [2.45, 2.75) is 19.4 Å². The van der Waals surface area contributed by atoms with Crippen LogP contribution in [-0.2, 0) is 17.8 Å². The molecule has 0 fully saturated rings. The quantitative estimate of drug-likeness (QED) is 0.760. The van der Waals surface area contributed by atoms with Crippen LogP contribution in [0, 0.1) is 0 Å². The predicted molar refractivity (Wildman–Crippen MR) is 83.4 cm³/mol. The Bertz CT molecular complexity index is 717. The Morgan fingerprint density at radius 1 is 1.14 bits per heavy atom. The number of carbonyl (C=O) groups excluding carboxylic acids is 1. The second kappa shape index (κ2) is 6.76. The van der Waals surface area contributed by atoms with Crippen LogP contribution in [-0.4, -0.2) is 15.7 Å². The lowest BCUT2D eigenvalue weighted by atomic mass is 10.2. The van der Waals surface area contributed by atoms with Gasteiger partial charge in [-0.3, -0.25) is 4.79 Å². The molecule has 0 saturated carbocycles. The van der Waals surface area contributed by atoms with E-state index in [1.54, 1.807) is 23.2 Å². The molecule has 0 radical (unpaired) electrons. The van der Waals surface area contributed by atoms with Crippen molar-refractivity contribution in [3.8, 4) is 0 Å². The van der Waals surface area contributed by atoms with E-state index in [4.69, 9.17) is 4.42 Å². The number of carbonyl (C=O) groups is 1. The molecule has 2 aromatic heterocycles. The number of nitrogens with zero attached hydrogens (tertiary/aromatic N) is 2. The Hall–Kier alpha value is -2.82. The van der Waals surface area contributed by atoms with Gasteiger partial charge in [-0.05, 0) is 17.7 Å². The number of anilines is 1. The molecule has 5 nitrogen and oxygen atoms in total. The summed E-state index contributed by atoms with van der Waals surface area (Å²) in [6.45, 7) is 0.627. The highest BCUT2D eigenvalue weighted by Crippen LogP contribution is 2.11. The third kappa shape index (κ3) is 3.63. The Morgan fingerprint density at radius 3 is 2.77 bits per heavy atom. The Kier molecular flexibility index (Phi) is 4.34. The van der Waals surface area contributed by atoms with Crippen LogP contribution >= 0.6 is 0 Å². The molecule has 112 valence electrons. The number of aryl methyl sites for hydroxylation is 1. The van der Waals surface area contributed by atoms with Gasteiger partial charge in [0.15, 0.2) is 0 Å². The number of aromatic nitrogens is 2. The van der Waals surface area contributed by atoms with Gasteiger partial charge in [0.25, 0.3) is 0 Å². The summed E-state index contributed by atoms with van der Waals surface area (Å²) in [4.78, 5) is 12.0. The molecule has 1 aromatic carbocycles. The molecule has 5 heteroatoms. The fraction of sp³-hybridized carbons (Fsp3) is 0.176. The van der Waals surface area contributed by atoms with Gasteiger partial charge in [-0.2, -0.15) is 5.10 Å². The zero-order chi connectivity index (χ0) is 15.2. The van der Waals surface area contributed by atoms with Gasteiger partial charge in [-0.1, -0.05) is 30.3 Å². The van der Waals surface area contributed by atoms with Crippen LogP contribution in [0.2, 0.25) is 0 Å². The first-order valence-electron chi connectivity index (χ1n) is 7.19. The van der Waals surface area contributed by atoms with Gasteiger partial charge < -0.3 is 9.73 Å². The fourth-order valence-electron chi connectivity index (χ4n) is 2.22. The monoisotopic (exact) mass is 295 g/mol. The van der Waals surface area contributed by atoms with Crippen LogP contribution in [0.15, 0.2) is 65.4 Å². The predicted octanol–water partition coefficient (Wildman–Crippen LogP) is 3.10. The SMILES string of the molecule is O=C(CCc1ccco1)Nc1ccnn1Cc1ccccc1. The van der Waals surface area contributed by atoms with E-state index in [0.717, 1.165) is 11.3 Å². The van der Waals surface area contributed by atoms with Crippen molar-refractivity contribution >= 4 is 11.7 Å². The van der Waals surface area contributed by atoms with E-state index < -0.39 is 0 Å². The van der Waals surface area contributed by atoms with Gasteiger partial charge in [0.05, 0.1) is 19.0 Å². The van der Waals surface area contributed by atoms with Crippen molar-refractivity contribution < 1.29 is 9.21 Å². The first-order chi connectivity index (χ1) is 10.8. The number of benzene rings is 1. The Morgan fingerprint density at radius 2 is 2.00 bits per heavy atom. The minimum Gasteiger partial charge on any atom is -0.469 e. The third-order valence-corrected chi connectivity index (χ3v) is 3.34. The van der Waals surface area contributed by atoms with Gasteiger partial charge in [-0.15, -0.1) is 0 Å². The van der Waals surface area contributed by atoms with E-state index in [0.29, 0.717) is 25.2 Å². The molecule has 22 heavy (non-hydrogen) atoms. The second-order valence-electron chi connectivity index (χ2n) is 4.99. The Balaban J connectivity index is 1.58. The zero-order valence-electron chi connectivity index (χ0n) is 12.1. The van der Waals surface area contributed by atoms with Crippen molar-refractivity contribution in [3.63, 3.8) is 0 Å². The molecule has 2 heterocycles. The van der Waals surface area contributed by atoms with Crippen molar-refractivity contribution in [1.29, 1.82) is 0 Å². The lowest BCUT2D eigenvalue weighted by Crippen LogP contribution is -2.16. The molecule has 1 N–H and O–H groups in total. The van der Waals surface area contributed by atoms with Crippen molar-refractivity contribution in [2.24, 2.45) is 0 Å². The van der Waals surface area contributed by atoms with Crippen LogP contribution in [0.4, 0.5) is 5.82 Å². The van der Waals surface area contributed by atoms with Gasteiger partial charge >= 0.3 is 0 Å². The maximum atomic E-state index is 12.0. The molecule has 3 aromatic rings. The molecule has 0 aliphatic carbocycles. The first kappa shape index (κ1) is 14.1. The minimum atomic E-state index is -0.0498. The van der Waals surface area contributed by atoms with E-state index in [-0.39, 0.29) is 5.91 Å². The van der Waals surface area contributed by atoms with Crippen LogP contribution in [0.25, 0.3) is 0 Å². The highest BCUT2D eigenvalue weighted by atomic mass is 16.3. The molecule has 0 bridgehead atoms. The molecule has 0 unspecified atom stereocenters. The first-order valence-corrected chi connectivity index (χ1v) is 7.19.